The number of nitrogens with zero attached hydrogens (tertiary/aromatic N) is 4. The SMILES string of the molecule is NC(=O)[C@H]1CC[C@@H](n2c(Nc3c(F)cc(Cl)cc3F)nc3cnc(N[C@H]4CCC(F)(F)C4)nc32)CC1. The molecule has 2 saturated carbocycles. The molecule has 192 valence electrons. The summed E-state index contributed by atoms with van der Waals surface area (Å²) in [5, 5.41) is 5.60. The zero-order valence-corrected chi connectivity index (χ0v) is 19.8. The van der Waals surface area contributed by atoms with Crippen LogP contribution in [0, 0.1) is 17.6 Å². The first-order valence-electron chi connectivity index (χ1n) is 11.7. The zero-order chi connectivity index (χ0) is 25.6. The molecule has 2 aromatic heterocycles. The molecule has 8 nitrogen and oxygen atoms in total. The minimum atomic E-state index is -2.73. The van der Waals surface area contributed by atoms with Gasteiger partial charge in [0.15, 0.2) is 17.3 Å². The van der Waals surface area contributed by atoms with Crippen LogP contribution in [0.4, 0.5) is 35.1 Å². The van der Waals surface area contributed by atoms with Crippen LogP contribution in [0.5, 0.6) is 0 Å². The largest absolute Gasteiger partial charge is 0.369 e. The van der Waals surface area contributed by atoms with Crippen LogP contribution in [0.15, 0.2) is 18.3 Å². The van der Waals surface area contributed by atoms with E-state index in [-0.39, 0.29) is 54.0 Å². The van der Waals surface area contributed by atoms with E-state index in [9.17, 15) is 22.4 Å². The van der Waals surface area contributed by atoms with E-state index in [2.05, 4.69) is 25.6 Å². The fourth-order valence-electron chi connectivity index (χ4n) is 5.04. The summed E-state index contributed by atoms with van der Waals surface area (Å²) in [6.07, 6.45) is 3.39. The molecule has 5 rings (SSSR count). The van der Waals surface area contributed by atoms with Crippen LogP contribution in [0.2, 0.25) is 5.02 Å². The minimum absolute atomic E-state index is 0.0899. The number of carbonyl (C=O) groups is 1. The highest BCUT2D eigenvalue weighted by Gasteiger charge is 2.39. The molecule has 2 aliphatic carbocycles. The quantitative estimate of drug-likeness (QED) is 0.376. The number of nitrogens with one attached hydrogen (secondary N) is 2. The van der Waals surface area contributed by atoms with E-state index in [0.29, 0.717) is 36.8 Å². The summed E-state index contributed by atoms with van der Waals surface area (Å²) in [7, 11) is 0. The molecule has 0 radical (unpaired) electrons. The first-order valence-corrected chi connectivity index (χ1v) is 12.1. The van der Waals surface area contributed by atoms with E-state index >= 15 is 0 Å². The molecule has 0 unspecified atom stereocenters. The van der Waals surface area contributed by atoms with Crippen molar-refractivity contribution in [2.75, 3.05) is 10.6 Å². The standard InChI is InChI=1S/C23H24ClF4N7O/c24-12-7-15(25)18(16(26)8-12)33-22-32-17-10-30-21(31-13-5-6-23(27,28)9-13)34-20(17)35(22)14-3-1-11(2-4-14)19(29)36/h7-8,10-11,13-14H,1-6,9H2,(H2,29,36)(H,32,33)(H,30,31,34)/t11-,13-,14+/m0/s1. The van der Waals surface area contributed by atoms with Crippen molar-refractivity contribution >= 4 is 46.3 Å². The Morgan fingerprint density at radius 1 is 1.11 bits per heavy atom. The number of hydrogen-bond donors (Lipinski definition) is 3. The van der Waals surface area contributed by atoms with Crippen LogP contribution in [0.1, 0.15) is 51.0 Å². The van der Waals surface area contributed by atoms with Gasteiger partial charge in [-0.1, -0.05) is 11.6 Å². The highest BCUT2D eigenvalue weighted by molar-refractivity contribution is 6.30. The van der Waals surface area contributed by atoms with Gasteiger partial charge in [0, 0.05) is 35.9 Å². The molecule has 3 aromatic rings. The average molecular weight is 526 g/mol. The normalized spacial score (nSPS) is 23.6. The number of halogens is 5. The number of alkyl halides is 2. The van der Waals surface area contributed by atoms with Gasteiger partial charge in [0.1, 0.15) is 11.2 Å². The zero-order valence-electron chi connectivity index (χ0n) is 19.1. The highest BCUT2D eigenvalue weighted by Crippen LogP contribution is 2.39. The van der Waals surface area contributed by atoms with E-state index in [4.69, 9.17) is 17.3 Å². The number of hydrogen-bond acceptors (Lipinski definition) is 6. The lowest BCUT2D eigenvalue weighted by atomic mass is 9.85. The number of aromatic nitrogens is 4. The molecule has 2 aliphatic rings. The lowest BCUT2D eigenvalue weighted by molar-refractivity contribution is -0.122. The maximum atomic E-state index is 14.5. The van der Waals surface area contributed by atoms with E-state index in [1.54, 1.807) is 4.57 Å². The third-order valence-corrected chi connectivity index (χ3v) is 7.10. The Morgan fingerprint density at radius 2 is 1.81 bits per heavy atom. The molecule has 0 saturated heterocycles. The summed E-state index contributed by atoms with van der Waals surface area (Å²) in [5.41, 5.74) is 5.77. The maximum Gasteiger partial charge on any atom is 0.250 e. The van der Waals surface area contributed by atoms with Crippen molar-refractivity contribution in [1.82, 2.24) is 19.5 Å². The van der Waals surface area contributed by atoms with Crippen molar-refractivity contribution in [2.24, 2.45) is 11.7 Å². The summed E-state index contributed by atoms with van der Waals surface area (Å²) in [6, 6.07) is 1.29. The van der Waals surface area contributed by atoms with Gasteiger partial charge in [0.25, 0.3) is 0 Å². The second-order valence-electron chi connectivity index (χ2n) is 9.43. The van der Waals surface area contributed by atoms with Gasteiger partial charge in [-0.2, -0.15) is 4.98 Å². The number of benzene rings is 1. The van der Waals surface area contributed by atoms with Gasteiger partial charge < -0.3 is 16.4 Å². The van der Waals surface area contributed by atoms with Crippen LogP contribution >= 0.6 is 11.6 Å². The fourth-order valence-corrected chi connectivity index (χ4v) is 5.23. The fraction of sp³-hybridized carbons (Fsp3) is 0.478. The smallest absolute Gasteiger partial charge is 0.250 e. The molecule has 1 atom stereocenters. The van der Waals surface area contributed by atoms with Gasteiger partial charge in [-0.25, -0.2) is 27.5 Å². The lowest BCUT2D eigenvalue weighted by Gasteiger charge is -2.29. The summed E-state index contributed by atoms with van der Waals surface area (Å²) in [6.45, 7) is 0. The van der Waals surface area contributed by atoms with Gasteiger partial charge >= 0.3 is 0 Å². The minimum Gasteiger partial charge on any atom is -0.369 e. The van der Waals surface area contributed by atoms with Gasteiger partial charge in [-0.15, -0.1) is 0 Å². The molecule has 0 aliphatic heterocycles. The average Bonchev–Trinajstić information content (AvgIpc) is 3.34. The molecular weight excluding hydrogens is 502 g/mol. The number of carbonyl (C=O) groups excluding carboxylic acids is 1. The van der Waals surface area contributed by atoms with Crippen molar-refractivity contribution < 1.29 is 22.4 Å². The Hall–Kier alpha value is -3.15. The number of anilines is 3. The predicted octanol–water partition coefficient (Wildman–Crippen LogP) is 5.32. The summed E-state index contributed by atoms with van der Waals surface area (Å²) in [4.78, 5) is 24.8. The van der Waals surface area contributed by atoms with Crippen molar-refractivity contribution in [3.05, 3.63) is 35.0 Å². The summed E-state index contributed by atoms with van der Waals surface area (Å²) < 4.78 is 58.1. The Labute approximate surface area is 208 Å². The number of fused-ring (bicyclic) bond motifs is 1. The monoisotopic (exact) mass is 525 g/mol. The molecule has 2 heterocycles. The number of rotatable bonds is 6. The summed E-state index contributed by atoms with van der Waals surface area (Å²) >= 11 is 5.75. The molecule has 4 N–H and O–H groups in total. The maximum absolute atomic E-state index is 14.5. The van der Waals surface area contributed by atoms with Crippen LogP contribution in [0.3, 0.4) is 0 Å². The Kier molecular flexibility index (Phi) is 6.39. The summed E-state index contributed by atoms with van der Waals surface area (Å²) in [5.74, 6) is -4.85. The van der Waals surface area contributed by atoms with Crippen molar-refractivity contribution in [1.29, 1.82) is 0 Å². The number of primary amides is 1. The van der Waals surface area contributed by atoms with Crippen molar-refractivity contribution in [3.63, 3.8) is 0 Å². The molecule has 36 heavy (non-hydrogen) atoms. The third-order valence-electron chi connectivity index (χ3n) is 6.88. The van der Waals surface area contributed by atoms with Gasteiger partial charge in [0.2, 0.25) is 23.7 Å². The second kappa shape index (κ2) is 9.38. The van der Waals surface area contributed by atoms with Gasteiger partial charge in [0.05, 0.1) is 6.20 Å². The van der Waals surface area contributed by atoms with Crippen molar-refractivity contribution in [2.45, 2.75) is 63.0 Å². The molecular formula is C23H24ClF4N7O. The van der Waals surface area contributed by atoms with Gasteiger partial charge in [-0.05, 0) is 44.2 Å². The van der Waals surface area contributed by atoms with Crippen LogP contribution in [-0.4, -0.2) is 37.4 Å². The Bertz CT molecular complexity index is 1290. The molecule has 13 heteroatoms. The number of imidazole rings is 1. The van der Waals surface area contributed by atoms with Gasteiger partial charge in [-0.3, -0.25) is 9.36 Å². The third kappa shape index (κ3) is 4.91. The Balaban J connectivity index is 1.52. The number of nitrogens with two attached hydrogens (primary N) is 1. The molecule has 1 aromatic carbocycles. The van der Waals surface area contributed by atoms with Crippen LogP contribution < -0.4 is 16.4 Å². The second-order valence-corrected chi connectivity index (χ2v) is 9.86. The molecule has 2 fully saturated rings. The predicted molar refractivity (Wildman–Crippen MR) is 126 cm³/mol. The number of amides is 1. The first-order chi connectivity index (χ1) is 17.1. The van der Waals surface area contributed by atoms with Crippen molar-refractivity contribution in [3.8, 4) is 0 Å². The lowest BCUT2D eigenvalue weighted by Crippen LogP contribution is -2.29. The van der Waals surface area contributed by atoms with E-state index in [1.807, 2.05) is 0 Å². The van der Waals surface area contributed by atoms with Crippen LogP contribution in [0.25, 0.3) is 11.2 Å². The molecule has 1 amide bonds. The first kappa shape index (κ1) is 24.5. The van der Waals surface area contributed by atoms with E-state index < -0.39 is 29.3 Å². The topological polar surface area (TPSA) is 111 Å². The molecule has 0 bridgehead atoms. The van der Waals surface area contributed by atoms with E-state index in [0.717, 1.165) is 12.1 Å². The Morgan fingerprint density at radius 3 is 2.42 bits per heavy atom. The van der Waals surface area contributed by atoms with E-state index in [1.165, 1.54) is 6.20 Å². The van der Waals surface area contributed by atoms with Crippen LogP contribution in [-0.2, 0) is 4.79 Å². The molecule has 0 spiro atoms. The highest BCUT2D eigenvalue weighted by atomic mass is 35.5.